The maximum Gasteiger partial charge on any atom is 0.269 e. The van der Waals surface area contributed by atoms with Crippen molar-refractivity contribution in [1.29, 1.82) is 0 Å². The number of nitrogens with zero attached hydrogens (tertiary/aromatic N) is 1. The van der Waals surface area contributed by atoms with Crippen LogP contribution in [-0.2, 0) is 31.4 Å². The number of nitrogens with one attached hydrogen (secondary N) is 3. The lowest BCUT2D eigenvalue weighted by atomic mass is 10.2. The average molecular weight is 643 g/mol. The molecule has 4 rings (SSSR count). The first-order chi connectivity index (χ1) is 20.4. The molecule has 0 radical (unpaired) electrons. The Morgan fingerprint density at radius 3 is 2.14 bits per heavy atom. The van der Waals surface area contributed by atoms with E-state index < -0.39 is 38.4 Å². The Kier molecular flexibility index (Phi) is 10.0. The van der Waals surface area contributed by atoms with E-state index in [0.29, 0.717) is 17.4 Å². The van der Waals surface area contributed by atoms with E-state index >= 15 is 0 Å². The molecule has 0 aliphatic carbocycles. The fraction of sp³-hybridized carbons (Fsp3) is 0.103. The lowest BCUT2D eigenvalue weighted by Gasteiger charge is -2.17. The first kappa shape index (κ1) is 31.5. The van der Waals surface area contributed by atoms with Crippen molar-refractivity contribution in [2.24, 2.45) is 0 Å². The van der Waals surface area contributed by atoms with Crippen LogP contribution in [0.2, 0.25) is 5.02 Å². The van der Waals surface area contributed by atoms with Gasteiger partial charge in [0.15, 0.2) is 0 Å². The summed E-state index contributed by atoms with van der Waals surface area (Å²) in [6.45, 7) is -0.236. The second-order valence-corrected chi connectivity index (χ2v) is 13.3. The molecule has 0 saturated heterocycles. The minimum atomic E-state index is -4.07. The molecule has 11 nitrogen and oxygen atoms in total. The van der Waals surface area contributed by atoms with Crippen LogP contribution in [0.1, 0.15) is 15.9 Å². The zero-order valence-electron chi connectivity index (χ0n) is 22.7. The third kappa shape index (κ3) is 8.55. The number of halogens is 1. The van der Waals surface area contributed by atoms with Gasteiger partial charge in [0.05, 0.1) is 16.3 Å². The van der Waals surface area contributed by atoms with Crippen LogP contribution in [0.5, 0.6) is 5.75 Å². The number of sulfonamides is 2. The maximum atomic E-state index is 13.0. The van der Waals surface area contributed by atoms with Crippen LogP contribution in [-0.4, -0.2) is 46.5 Å². The Labute approximate surface area is 254 Å². The van der Waals surface area contributed by atoms with Gasteiger partial charge in [0, 0.05) is 23.3 Å². The second kappa shape index (κ2) is 13.7. The van der Waals surface area contributed by atoms with Gasteiger partial charge in [-0.15, -0.1) is 0 Å². The summed E-state index contributed by atoms with van der Waals surface area (Å²) in [5.41, 5.74) is 5.50. The summed E-state index contributed by atoms with van der Waals surface area (Å²) in [7, 11) is -6.85. The van der Waals surface area contributed by atoms with Crippen molar-refractivity contribution >= 4 is 49.1 Å². The molecule has 0 aromatic heterocycles. The number of carbonyl (C=O) groups is 2. The number of likely N-dealkylation sites (N-methyl/N-ethyl adjacent to an activating group) is 1. The number of hydrogen-bond acceptors (Lipinski definition) is 7. The predicted octanol–water partition coefficient (Wildman–Crippen LogP) is 3.80. The molecule has 43 heavy (non-hydrogen) atoms. The van der Waals surface area contributed by atoms with Crippen molar-refractivity contribution in [2.75, 3.05) is 18.3 Å². The summed E-state index contributed by atoms with van der Waals surface area (Å²) >= 11 is 5.80. The smallest absolute Gasteiger partial charge is 0.269 e. The Bertz CT molecular complexity index is 1800. The molecule has 2 amide bonds. The quantitative estimate of drug-likeness (QED) is 0.211. The molecular formula is C29H27ClN4O7S2. The van der Waals surface area contributed by atoms with Gasteiger partial charge in [-0.05, 0) is 72.3 Å². The lowest BCUT2D eigenvalue weighted by Crippen LogP contribution is -2.46. The van der Waals surface area contributed by atoms with E-state index in [2.05, 4.69) is 15.6 Å². The van der Waals surface area contributed by atoms with Crippen molar-refractivity contribution in [2.45, 2.75) is 16.4 Å². The molecule has 0 heterocycles. The summed E-state index contributed by atoms with van der Waals surface area (Å²) < 4.78 is 60.2. The Balaban J connectivity index is 1.32. The number of ether oxygens (including phenoxy) is 1. The van der Waals surface area contributed by atoms with Crippen molar-refractivity contribution in [3.63, 3.8) is 0 Å². The minimum Gasteiger partial charge on any atom is -0.489 e. The third-order valence-corrected chi connectivity index (χ3v) is 9.41. The van der Waals surface area contributed by atoms with E-state index in [1.165, 1.54) is 49.5 Å². The highest BCUT2D eigenvalue weighted by molar-refractivity contribution is 7.92. The number of benzene rings is 4. The molecule has 14 heteroatoms. The number of carbonyl (C=O) groups excluding carboxylic acids is 2. The summed E-state index contributed by atoms with van der Waals surface area (Å²) in [4.78, 5) is 24.7. The van der Waals surface area contributed by atoms with E-state index in [1.807, 2.05) is 30.3 Å². The topological polar surface area (TPSA) is 151 Å². The minimum absolute atomic E-state index is 0.0600. The molecule has 3 N–H and O–H groups in total. The molecule has 0 atom stereocenters. The second-order valence-electron chi connectivity index (χ2n) is 9.15. The summed E-state index contributed by atoms with van der Waals surface area (Å²) in [5, 5.41) is 0.355. The Hall–Kier alpha value is -4.43. The average Bonchev–Trinajstić information content (AvgIpc) is 3.00. The summed E-state index contributed by atoms with van der Waals surface area (Å²) in [6, 6.07) is 26.6. The standard InChI is InChI=1S/C29H27ClN4O7S2/c1-34(43(39,40)26-16-10-23(30)11-17-26)19-28(35)31-32-29(36)22-8-5-9-27(18-22)42(37,38)33-24-12-14-25(15-13-24)41-20-21-6-3-2-4-7-21/h2-18,33H,19-20H2,1H3,(H,31,35)(H,32,36). The zero-order chi connectivity index (χ0) is 31.0. The highest BCUT2D eigenvalue weighted by atomic mass is 35.5. The largest absolute Gasteiger partial charge is 0.489 e. The summed E-state index contributed by atoms with van der Waals surface area (Å²) in [5.74, 6) is -1.08. The lowest BCUT2D eigenvalue weighted by molar-refractivity contribution is -0.121. The fourth-order valence-corrected chi connectivity index (χ4v) is 6.05. The van der Waals surface area contributed by atoms with Gasteiger partial charge in [0.25, 0.3) is 21.8 Å². The molecule has 4 aromatic rings. The van der Waals surface area contributed by atoms with Gasteiger partial charge in [0.2, 0.25) is 10.0 Å². The van der Waals surface area contributed by atoms with E-state index in [0.717, 1.165) is 15.9 Å². The van der Waals surface area contributed by atoms with Gasteiger partial charge in [-0.3, -0.25) is 25.2 Å². The van der Waals surface area contributed by atoms with Crippen LogP contribution in [0.15, 0.2) is 113 Å². The molecule has 4 aromatic carbocycles. The molecule has 0 aliphatic rings. The van der Waals surface area contributed by atoms with Gasteiger partial charge in [-0.25, -0.2) is 16.8 Å². The van der Waals surface area contributed by atoms with E-state index in [1.54, 1.807) is 24.3 Å². The molecule has 0 saturated carbocycles. The van der Waals surface area contributed by atoms with Gasteiger partial charge < -0.3 is 4.74 Å². The van der Waals surface area contributed by atoms with Crippen LogP contribution in [0.3, 0.4) is 0 Å². The highest BCUT2D eigenvalue weighted by Gasteiger charge is 2.23. The normalized spacial score (nSPS) is 11.5. The molecule has 0 fully saturated rings. The first-order valence-electron chi connectivity index (χ1n) is 12.6. The van der Waals surface area contributed by atoms with Gasteiger partial charge >= 0.3 is 0 Å². The molecule has 224 valence electrons. The van der Waals surface area contributed by atoms with Gasteiger partial charge in [0.1, 0.15) is 12.4 Å². The fourth-order valence-electron chi connectivity index (χ4n) is 3.69. The number of amides is 2. The number of hydrogen-bond donors (Lipinski definition) is 3. The Morgan fingerprint density at radius 1 is 0.791 bits per heavy atom. The van der Waals surface area contributed by atoms with Gasteiger partial charge in [-0.1, -0.05) is 48.0 Å². The van der Waals surface area contributed by atoms with Crippen molar-refractivity contribution in [3.8, 4) is 5.75 Å². The molecule has 0 spiro atoms. The molecule has 0 bridgehead atoms. The number of rotatable bonds is 11. The Morgan fingerprint density at radius 2 is 1.47 bits per heavy atom. The van der Waals surface area contributed by atoms with Crippen molar-refractivity contribution in [1.82, 2.24) is 15.2 Å². The predicted molar refractivity (Wildman–Crippen MR) is 161 cm³/mol. The van der Waals surface area contributed by atoms with Crippen LogP contribution in [0.25, 0.3) is 0 Å². The van der Waals surface area contributed by atoms with E-state index in [-0.39, 0.29) is 21.0 Å². The first-order valence-corrected chi connectivity index (χ1v) is 15.9. The van der Waals surface area contributed by atoms with Crippen molar-refractivity contribution in [3.05, 3.63) is 119 Å². The molecular weight excluding hydrogens is 616 g/mol. The van der Waals surface area contributed by atoms with Crippen molar-refractivity contribution < 1.29 is 31.2 Å². The van der Waals surface area contributed by atoms with E-state index in [9.17, 15) is 26.4 Å². The maximum absolute atomic E-state index is 13.0. The van der Waals surface area contributed by atoms with Crippen LogP contribution >= 0.6 is 11.6 Å². The van der Waals surface area contributed by atoms with Gasteiger partial charge in [-0.2, -0.15) is 4.31 Å². The number of hydrazine groups is 1. The monoisotopic (exact) mass is 642 g/mol. The van der Waals surface area contributed by atoms with Crippen LogP contribution in [0.4, 0.5) is 5.69 Å². The van der Waals surface area contributed by atoms with Crippen LogP contribution in [0, 0.1) is 0 Å². The SMILES string of the molecule is CN(CC(=O)NNC(=O)c1cccc(S(=O)(=O)Nc2ccc(OCc3ccccc3)cc2)c1)S(=O)(=O)c1ccc(Cl)cc1. The number of anilines is 1. The highest BCUT2D eigenvalue weighted by Crippen LogP contribution is 2.21. The van der Waals surface area contributed by atoms with E-state index in [4.69, 9.17) is 16.3 Å². The summed E-state index contributed by atoms with van der Waals surface area (Å²) in [6.07, 6.45) is 0. The zero-order valence-corrected chi connectivity index (χ0v) is 25.1. The molecule has 0 aliphatic heterocycles. The third-order valence-electron chi connectivity index (χ3n) is 5.96. The van der Waals surface area contributed by atoms with Crippen LogP contribution < -0.4 is 20.3 Å². The molecule has 0 unspecified atom stereocenters.